The summed E-state index contributed by atoms with van der Waals surface area (Å²) in [6.45, 7) is 1.62. The molecular weight excluding hydrogens is 184 g/mol. The molecule has 0 spiro atoms. The molecule has 0 radical (unpaired) electrons. The van der Waals surface area contributed by atoms with Gasteiger partial charge >= 0.3 is 0 Å². The number of pyridine rings is 1. The van der Waals surface area contributed by atoms with Crippen LogP contribution in [-0.4, -0.2) is 27.7 Å². The average molecular weight is 198 g/mol. The summed E-state index contributed by atoms with van der Waals surface area (Å²) in [6, 6.07) is 3.94. The van der Waals surface area contributed by atoms with Crippen molar-refractivity contribution < 1.29 is 4.21 Å². The monoisotopic (exact) mass is 198 g/mol. The topological polar surface area (TPSA) is 42.0 Å². The van der Waals surface area contributed by atoms with Crippen LogP contribution < -0.4 is 5.32 Å². The number of aromatic nitrogens is 1. The van der Waals surface area contributed by atoms with Gasteiger partial charge in [0.2, 0.25) is 0 Å². The predicted molar refractivity (Wildman–Crippen MR) is 54.9 cm³/mol. The molecule has 3 nitrogen and oxygen atoms in total. The Hall–Kier alpha value is -0.740. The number of nitrogens with one attached hydrogen (secondary N) is 1. The van der Waals surface area contributed by atoms with Gasteiger partial charge in [0.25, 0.3) is 0 Å². The maximum absolute atomic E-state index is 10.7. The van der Waals surface area contributed by atoms with E-state index in [4.69, 9.17) is 0 Å². The van der Waals surface area contributed by atoms with Gasteiger partial charge in [0, 0.05) is 48.3 Å². The van der Waals surface area contributed by atoms with Crippen molar-refractivity contribution in [1.29, 1.82) is 0 Å². The van der Waals surface area contributed by atoms with Gasteiger partial charge in [-0.2, -0.15) is 0 Å². The lowest BCUT2D eigenvalue weighted by Crippen LogP contribution is -2.19. The molecule has 0 bridgehead atoms. The molecule has 1 aromatic heterocycles. The molecule has 1 N–H and O–H groups in total. The third-order valence-electron chi connectivity index (χ3n) is 1.64. The van der Waals surface area contributed by atoms with Gasteiger partial charge in [-0.3, -0.25) is 9.19 Å². The van der Waals surface area contributed by atoms with E-state index in [2.05, 4.69) is 10.3 Å². The van der Waals surface area contributed by atoms with Crippen molar-refractivity contribution in [1.82, 2.24) is 10.3 Å². The molecule has 72 valence electrons. The van der Waals surface area contributed by atoms with Crippen LogP contribution in [0.15, 0.2) is 24.5 Å². The van der Waals surface area contributed by atoms with E-state index in [-0.39, 0.29) is 0 Å². The second-order valence-electron chi connectivity index (χ2n) is 2.81. The first kappa shape index (κ1) is 10.3. The summed E-state index contributed by atoms with van der Waals surface area (Å²) in [6.07, 6.45) is 5.26. The van der Waals surface area contributed by atoms with E-state index in [1.807, 2.05) is 12.1 Å². The quantitative estimate of drug-likeness (QED) is 0.703. The van der Waals surface area contributed by atoms with Gasteiger partial charge in [-0.05, 0) is 17.7 Å². The fourth-order valence-corrected chi connectivity index (χ4v) is 1.38. The van der Waals surface area contributed by atoms with Crippen LogP contribution in [0.25, 0.3) is 0 Å². The highest BCUT2D eigenvalue weighted by atomic mass is 32.2. The van der Waals surface area contributed by atoms with Crippen molar-refractivity contribution in [2.24, 2.45) is 0 Å². The minimum absolute atomic E-state index is 0.698. The van der Waals surface area contributed by atoms with Crippen LogP contribution in [0.2, 0.25) is 0 Å². The summed E-state index contributed by atoms with van der Waals surface area (Å²) in [5.74, 6) is 0.713. The molecule has 4 heteroatoms. The average Bonchev–Trinajstić information content (AvgIpc) is 2.14. The summed E-state index contributed by atoms with van der Waals surface area (Å²) in [5, 5.41) is 3.21. The lowest BCUT2D eigenvalue weighted by molar-refractivity contribution is 0.676. The zero-order chi connectivity index (χ0) is 9.52. The molecule has 0 saturated carbocycles. The molecule has 0 saturated heterocycles. The molecule has 0 aromatic carbocycles. The van der Waals surface area contributed by atoms with E-state index >= 15 is 0 Å². The van der Waals surface area contributed by atoms with Gasteiger partial charge in [0.1, 0.15) is 0 Å². The van der Waals surface area contributed by atoms with Gasteiger partial charge in [-0.25, -0.2) is 0 Å². The van der Waals surface area contributed by atoms with Gasteiger partial charge in [0.15, 0.2) is 0 Å². The molecule has 0 aliphatic carbocycles. The third kappa shape index (κ3) is 4.75. The van der Waals surface area contributed by atoms with Crippen LogP contribution >= 0.6 is 0 Å². The SMILES string of the molecule is CS(=O)CCNCc1ccncc1. The first-order valence-corrected chi connectivity index (χ1v) is 5.91. The molecule has 1 unspecified atom stereocenters. The molecule has 0 aliphatic rings. The summed E-state index contributed by atoms with van der Waals surface area (Å²) in [5.41, 5.74) is 1.21. The minimum atomic E-state index is -0.698. The fourth-order valence-electron chi connectivity index (χ4n) is 0.949. The Balaban J connectivity index is 2.17. The van der Waals surface area contributed by atoms with Crippen molar-refractivity contribution >= 4 is 10.8 Å². The van der Waals surface area contributed by atoms with E-state index in [1.165, 1.54) is 5.56 Å². The van der Waals surface area contributed by atoms with Crippen molar-refractivity contribution in [2.75, 3.05) is 18.6 Å². The molecular formula is C9H14N2OS. The highest BCUT2D eigenvalue weighted by molar-refractivity contribution is 7.84. The maximum atomic E-state index is 10.7. The molecule has 1 aromatic rings. The lowest BCUT2D eigenvalue weighted by Gasteiger charge is -2.02. The summed E-state index contributed by atoms with van der Waals surface area (Å²) >= 11 is 0. The highest BCUT2D eigenvalue weighted by Gasteiger charge is 1.92. The molecule has 0 aliphatic heterocycles. The normalized spacial score (nSPS) is 12.7. The molecule has 1 atom stereocenters. The van der Waals surface area contributed by atoms with Crippen molar-refractivity contribution in [3.8, 4) is 0 Å². The molecule has 0 fully saturated rings. The van der Waals surface area contributed by atoms with Gasteiger partial charge in [-0.15, -0.1) is 0 Å². The van der Waals surface area contributed by atoms with Crippen molar-refractivity contribution in [2.45, 2.75) is 6.54 Å². The third-order valence-corrected chi connectivity index (χ3v) is 2.42. The second kappa shape index (κ2) is 5.83. The Bertz CT molecular complexity index is 264. The van der Waals surface area contributed by atoms with E-state index in [0.717, 1.165) is 13.1 Å². The number of hydrogen-bond donors (Lipinski definition) is 1. The Morgan fingerprint density at radius 2 is 2.15 bits per heavy atom. The first-order valence-electron chi connectivity index (χ1n) is 4.18. The Morgan fingerprint density at radius 1 is 1.46 bits per heavy atom. The largest absolute Gasteiger partial charge is 0.312 e. The molecule has 0 amide bonds. The molecule has 13 heavy (non-hydrogen) atoms. The number of rotatable bonds is 5. The van der Waals surface area contributed by atoms with Crippen LogP contribution in [-0.2, 0) is 17.3 Å². The van der Waals surface area contributed by atoms with E-state index < -0.39 is 10.8 Å². The summed E-state index contributed by atoms with van der Waals surface area (Å²) < 4.78 is 10.7. The summed E-state index contributed by atoms with van der Waals surface area (Å²) in [4.78, 5) is 3.93. The number of nitrogens with zero attached hydrogens (tertiary/aromatic N) is 1. The van der Waals surface area contributed by atoms with E-state index in [9.17, 15) is 4.21 Å². The van der Waals surface area contributed by atoms with Crippen molar-refractivity contribution in [3.05, 3.63) is 30.1 Å². The second-order valence-corrected chi connectivity index (χ2v) is 4.36. The minimum Gasteiger partial charge on any atom is -0.312 e. The zero-order valence-electron chi connectivity index (χ0n) is 7.69. The Morgan fingerprint density at radius 3 is 2.77 bits per heavy atom. The van der Waals surface area contributed by atoms with E-state index in [1.54, 1.807) is 18.6 Å². The van der Waals surface area contributed by atoms with Gasteiger partial charge in [0.05, 0.1) is 0 Å². The van der Waals surface area contributed by atoms with E-state index in [0.29, 0.717) is 5.75 Å². The van der Waals surface area contributed by atoms with Gasteiger partial charge < -0.3 is 5.32 Å². The number of hydrogen-bond acceptors (Lipinski definition) is 3. The maximum Gasteiger partial charge on any atom is 0.0357 e. The van der Waals surface area contributed by atoms with Crippen LogP contribution in [0.1, 0.15) is 5.56 Å². The summed E-state index contributed by atoms with van der Waals surface area (Å²) in [7, 11) is -0.698. The molecule has 1 heterocycles. The highest BCUT2D eigenvalue weighted by Crippen LogP contribution is 1.93. The van der Waals surface area contributed by atoms with Crippen LogP contribution in [0, 0.1) is 0 Å². The lowest BCUT2D eigenvalue weighted by atomic mass is 10.3. The van der Waals surface area contributed by atoms with Crippen LogP contribution in [0.5, 0.6) is 0 Å². The Kier molecular flexibility index (Phi) is 4.64. The fraction of sp³-hybridized carbons (Fsp3) is 0.444. The van der Waals surface area contributed by atoms with Gasteiger partial charge in [-0.1, -0.05) is 0 Å². The zero-order valence-corrected chi connectivity index (χ0v) is 8.51. The smallest absolute Gasteiger partial charge is 0.0357 e. The van der Waals surface area contributed by atoms with Crippen molar-refractivity contribution in [3.63, 3.8) is 0 Å². The predicted octanol–water partition coefficient (Wildman–Crippen LogP) is 0.550. The van der Waals surface area contributed by atoms with Crippen LogP contribution in [0.4, 0.5) is 0 Å². The molecule has 1 rings (SSSR count). The Labute approximate surface area is 81.0 Å². The van der Waals surface area contributed by atoms with Crippen LogP contribution in [0.3, 0.4) is 0 Å². The standard InChI is InChI=1S/C9H14N2OS/c1-13(12)7-6-11-8-9-2-4-10-5-3-9/h2-5,11H,6-8H2,1H3. The first-order chi connectivity index (χ1) is 6.29.